The molecule has 11 nitrogen and oxygen atoms in total. The van der Waals surface area contributed by atoms with Crippen LogP contribution in [-0.4, -0.2) is 76.6 Å². The fraction of sp³-hybridized carbons (Fsp3) is 0.722. The normalized spacial score (nSPS) is 14.8. The molecule has 0 saturated heterocycles. The maximum Gasteiger partial charge on any atom is 0.326 e. The third-order valence-corrected chi connectivity index (χ3v) is 5.36. The van der Waals surface area contributed by atoms with Gasteiger partial charge in [-0.1, -0.05) is 13.8 Å². The van der Waals surface area contributed by atoms with Gasteiger partial charge in [-0.3, -0.25) is 19.2 Å². The van der Waals surface area contributed by atoms with E-state index in [4.69, 9.17) is 11.5 Å². The lowest BCUT2D eigenvalue weighted by Gasteiger charge is -2.27. The summed E-state index contributed by atoms with van der Waals surface area (Å²) in [6.07, 6.45) is 1.77. The SMILES string of the molecule is CSCCC(NC(=O)C(NC(=O)C(CCC(N)=O)NC(=O)C(N)CS)C(C)C)C(=O)O. The van der Waals surface area contributed by atoms with Crippen LogP contribution in [0.5, 0.6) is 0 Å². The van der Waals surface area contributed by atoms with Crippen LogP contribution < -0.4 is 27.4 Å². The standard InChI is InChI=1S/C18H33N5O6S2/c1-9(2)14(17(27)22-12(18(28)29)6-7-31-3)23-16(26)11(4-5-13(20)24)21-15(25)10(19)8-30/h9-12,14,30H,4-8,19H2,1-3H3,(H2,20,24)(H,21,25)(H,22,27)(H,23,26)(H,28,29). The van der Waals surface area contributed by atoms with Crippen molar-refractivity contribution < 1.29 is 29.1 Å². The van der Waals surface area contributed by atoms with Crippen LogP contribution in [0.1, 0.15) is 33.1 Å². The number of carboxylic acids is 1. The molecule has 178 valence electrons. The number of thiol groups is 1. The van der Waals surface area contributed by atoms with Crippen LogP contribution in [0.15, 0.2) is 0 Å². The molecule has 0 aliphatic rings. The van der Waals surface area contributed by atoms with E-state index in [-0.39, 0.29) is 30.9 Å². The Bertz CT molecular complexity index is 649. The summed E-state index contributed by atoms with van der Waals surface area (Å²) in [5.74, 6) is -3.68. The molecule has 0 aromatic heterocycles. The number of amides is 4. The fourth-order valence-electron chi connectivity index (χ4n) is 2.46. The number of nitrogens with one attached hydrogen (secondary N) is 3. The van der Waals surface area contributed by atoms with E-state index in [0.29, 0.717) is 5.75 Å². The van der Waals surface area contributed by atoms with E-state index in [0.717, 1.165) is 0 Å². The van der Waals surface area contributed by atoms with Crippen LogP contribution in [-0.2, 0) is 24.0 Å². The van der Waals surface area contributed by atoms with Gasteiger partial charge < -0.3 is 32.5 Å². The van der Waals surface area contributed by atoms with E-state index < -0.39 is 53.8 Å². The number of carboxylic acid groups (broad SMARTS) is 1. The van der Waals surface area contributed by atoms with E-state index in [1.165, 1.54) is 11.8 Å². The molecule has 4 unspecified atom stereocenters. The summed E-state index contributed by atoms with van der Waals surface area (Å²) in [4.78, 5) is 60.1. The molecule has 4 atom stereocenters. The van der Waals surface area contributed by atoms with Crippen LogP contribution in [0, 0.1) is 5.92 Å². The first-order chi connectivity index (χ1) is 14.4. The van der Waals surface area contributed by atoms with E-state index in [1.54, 1.807) is 13.8 Å². The largest absolute Gasteiger partial charge is 0.480 e. The highest BCUT2D eigenvalue weighted by Crippen LogP contribution is 2.07. The number of hydrogen-bond donors (Lipinski definition) is 7. The monoisotopic (exact) mass is 479 g/mol. The van der Waals surface area contributed by atoms with Crippen molar-refractivity contribution in [2.45, 2.75) is 57.3 Å². The van der Waals surface area contributed by atoms with Gasteiger partial charge in [0.1, 0.15) is 18.1 Å². The molecule has 4 amide bonds. The number of carbonyl (C=O) groups excluding carboxylic acids is 4. The lowest BCUT2D eigenvalue weighted by atomic mass is 10.0. The molecule has 0 rings (SSSR count). The van der Waals surface area contributed by atoms with Crippen molar-refractivity contribution in [3.63, 3.8) is 0 Å². The molecule has 8 N–H and O–H groups in total. The summed E-state index contributed by atoms with van der Waals surface area (Å²) in [7, 11) is 0. The lowest BCUT2D eigenvalue weighted by Crippen LogP contribution is -2.58. The van der Waals surface area contributed by atoms with Crippen molar-refractivity contribution in [2.75, 3.05) is 17.8 Å². The number of nitrogens with two attached hydrogens (primary N) is 2. The number of rotatable bonds is 15. The number of aliphatic carboxylic acids is 1. The summed E-state index contributed by atoms with van der Waals surface area (Å²) in [6.45, 7) is 3.35. The molecule has 13 heteroatoms. The highest BCUT2D eigenvalue weighted by Gasteiger charge is 2.31. The maximum atomic E-state index is 12.8. The molecule has 0 radical (unpaired) electrons. The minimum Gasteiger partial charge on any atom is -0.480 e. The van der Waals surface area contributed by atoms with Gasteiger partial charge in [0.15, 0.2) is 0 Å². The van der Waals surface area contributed by atoms with E-state index in [1.807, 2.05) is 6.26 Å². The molecule has 0 aliphatic heterocycles. The third kappa shape index (κ3) is 11.3. The van der Waals surface area contributed by atoms with Gasteiger partial charge in [0.2, 0.25) is 23.6 Å². The van der Waals surface area contributed by atoms with Gasteiger partial charge in [0.25, 0.3) is 0 Å². The average molecular weight is 480 g/mol. The minimum atomic E-state index is -1.18. The first kappa shape index (κ1) is 29.0. The summed E-state index contributed by atoms with van der Waals surface area (Å²) in [5.41, 5.74) is 10.7. The van der Waals surface area contributed by atoms with Crippen LogP contribution in [0.25, 0.3) is 0 Å². The van der Waals surface area contributed by atoms with Crippen molar-refractivity contribution in [3.05, 3.63) is 0 Å². The van der Waals surface area contributed by atoms with E-state index >= 15 is 0 Å². The van der Waals surface area contributed by atoms with Crippen molar-refractivity contribution in [2.24, 2.45) is 17.4 Å². The molecule has 0 aromatic rings. The first-order valence-corrected chi connectivity index (χ1v) is 11.7. The van der Waals surface area contributed by atoms with E-state index in [2.05, 4.69) is 28.6 Å². The van der Waals surface area contributed by atoms with Gasteiger partial charge in [-0.25, -0.2) is 4.79 Å². The summed E-state index contributed by atoms with van der Waals surface area (Å²) in [5, 5.41) is 16.7. The molecular formula is C18H33N5O6S2. The van der Waals surface area contributed by atoms with Gasteiger partial charge in [-0.05, 0) is 30.8 Å². The Hall–Kier alpha value is -1.99. The zero-order valence-electron chi connectivity index (χ0n) is 17.9. The van der Waals surface area contributed by atoms with Crippen LogP contribution in [0.4, 0.5) is 0 Å². The van der Waals surface area contributed by atoms with Crippen molar-refractivity contribution in [1.29, 1.82) is 0 Å². The topological polar surface area (TPSA) is 194 Å². The second-order valence-corrected chi connectivity index (χ2v) is 8.62. The molecule has 0 spiro atoms. The van der Waals surface area contributed by atoms with E-state index in [9.17, 15) is 29.1 Å². The number of hydrogen-bond acceptors (Lipinski definition) is 8. The third-order valence-electron chi connectivity index (χ3n) is 4.32. The Labute approximate surface area is 191 Å². The lowest BCUT2D eigenvalue weighted by molar-refractivity contribution is -0.142. The maximum absolute atomic E-state index is 12.8. The second kappa shape index (κ2) is 14.9. The zero-order chi connectivity index (χ0) is 24.1. The first-order valence-electron chi connectivity index (χ1n) is 9.72. The Morgan fingerprint density at radius 1 is 0.968 bits per heavy atom. The van der Waals surface area contributed by atoms with Crippen LogP contribution in [0.2, 0.25) is 0 Å². The average Bonchev–Trinajstić information content (AvgIpc) is 2.70. The minimum absolute atomic E-state index is 0.0413. The molecule has 0 fully saturated rings. The molecule has 0 saturated carbocycles. The van der Waals surface area contributed by atoms with Crippen molar-refractivity contribution in [1.82, 2.24) is 16.0 Å². The predicted octanol–water partition coefficient (Wildman–Crippen LogP) is -1.54. The molecule has 0 aromatic carbocycles. The van der Waals surface area contributed by atoms with Gasteiger partial charge in [-0.15, -0.1) is 0 Å². The molecule has 0 bridgehead atoms. The van der Waals surface area contributed by atoms with Crippen molar-refractivity contribution >= 4 is 54.0 Å². The Morgan fingerprint density at radius 3 is 2.00 bits per heavy atom. The predicted molar refractivity (Wildman–Crippen MR) is 122 cm³/mol. The highest BCUT2D eigenvalue weighted by molar-refractivity contribution is 7.98. The van der Waals surface area contributed by atoms with Crippen LogP contribution >= 0.6 is 24.4 Å². The second-order valence-electron chi connectivity index (χ2n) is 7.27. The number of carbonyl (C=O) groups is 5. The molecular weight excluding hydrogens is 446 g/mol. The quantitative estimate of drug-likeness (QED) is 0.137. The molecule has 0 heterocycles. The van der Waals surface area contributed by atoms with Gasteiger partial charge >= 0.3 is 5.97 Å². The summed E-state index contributed by atoms with van der Waals surface area (Å²) < 4.78 is 0. The number of thioether (sulfide) groups is 1. The Kier molecular flexibility index (Phi) is 14.0. The summed E-state index contributed by atoms with van der Waals surface area (Å²) in [6, 6.07) is -4.29. The smallest absolute Gasteiger partial charge is 0.326 e. The molecule has 31 heavy (non-hydrogen) atoms. The molecule has 0 aliphatic carbocycles. The highest BCUT2D eigenvalue weighted by atomic mass is 32.2. The summed E-state index contributed by atoms with van der Waals surface area (Å²) >= 11 is 5.38. The number of primary amides is 1. The Morgan fingerprint density at radius 2 is 1.55 bits per heavy atom. The Balaban J connectivity index is 5.38. The van der Waals surface area contributed by atoms with Gasteiger partial charge in [-0.2, -0.15) is 24.4 Å². The fourth-order valence-corrected chi connectivity index (χ4v) is 3.10. The van der Waals surface area contributed by atoms with Gasteiger partial charge in [0, 0.05) is 12.2 Å². The zero-order valence-corrected chi connectivity index (χ0v) is 19.6. The van der Waals surface area contributed by atoms with Crippen molar-refractivity contribution in [3.8, 4) is 0 Å². The van der Waals surface area contributed by atoms with Gasteiger partial charge in [0.05, 0.1) is 6.04 Å². The van der Waals surface area contributed by atoms with Crippen LogP contribution in [0.3, 0.4) is 0 Å².